The van der Waals surface area contributed by atoms with Gasteiger partial charge in [-0.3, -0.25) is 0 Å². The summed E-state index contributed by atoms with van der Waals surface area (Å²) in [4.78, 5) is 0. The molecule has 1 aromatic carbocycles. The van der Waals surface area contributed by atoms with Crippen LogP contribution in [0.4, 0.5) is 5.69 Å². The first kappa shape index (κ1) is 13.1. The molecule has 0 fully saturated rings. The molecular formula is C15H25N. The number of hydrogen-bond donors (Lipinski definition) is 1. The summed E-state index contributed by atoms with van der Waals surface area (Å²) >= 11 is 0. The fourth-order valence-corrected chi connectivity index (χ4v) is 1.89. The fraction of sp³-hybridized carbons (Fsp3) is 0.600. The maximum atomic E-state index is 3.55. The Morgan fingerprint density at radius 2 is 1.75 bits per heavy atom. The molecule has 0 saturated carbocycles. The average Bonchev–Trinajstić information content (AvgIpc) is 2.24. The molecule has 90 valence electrons. The molecule has 0 saturated heterocycles. The molecule has 1 rings (SSSR count). The van der Waals surface area contributed by atoms with Gasteiger partial charge in [-0.25, -0.2) is 0 Å². The van der Waals surface area contributed by atoms with Gasteiger partial charge in [-0.05, 0) is 23.5 Å². The highest BCUT2D eigenvalue weighted by atomic mass is 14.9. The lowest BCUT2D eigenvalue weighted by atomic mass is 9.86. The molecule has 0 aliphatic rings. The summed E-state index contributed by atoms with van der Waals surface area (Å²) in [7, 11) is 0. The summed E-state index contributed by atoms with van der Waals surface area (Å²) in [5.41, 5.74) is 2.92. The molecule has 0 spiro atoms. The van der Waals surface area contributed by atoms with Crippen LogP contribution in [-0.4, -0.2) is 6.54 Å². The van der Waals surface area contributed by atoms with Crippen molar-refractivity contribution in [3.8, 4) is 0 Å². The van der Waals surface area contributed by atoms with E-state index in [9.17, 15) is 0 Å². The van der Waals surface area contributed by atoms with Crippen LogP contribution in [0.2, 0.25) is 0 Å². The fourth-order valence-electron chi connectivity index (χ4n) is 1.89. The van der Waals surface area contributed by atoms with Crippen molar-refractivity contribution in [3.63, 3.8) is 0 Å². The highest BCUT2D eigenvalue weighted by Crippen LogP contribution is 2.29. The number of rotatable bonds is 5. The van der Waals surface area contributed by atoms with Crippen LogP contribution < -0.4 is 5.32 Å². The second-order valence-electron chi connectivity index (χ2n) is 5.43. The van der Waals surface area contributed by atoms with E-state index in [0.29, 0.717) is 0 Å². The summed E-state index contributed by atoms with van der Waals surface area (Å²) in [6.07, 6.45) is 3.85. The second-order valence-corrected chi connectivity index (χ2v) is 5.43. The highest BCUT2D eigenvalue weighted by Gasteiger charge is 2.16. The number of para-hydroxylation sites is 1. The minimum atomic E-state index is 0.217. The van der Waals surface area contributed by atoms with Crippen molar-refractivity contribution in [1.29, 1.82) is 0 Å². The van der Waals surface area contributed by atoms with Crippen LogP contribution in [0.25, 0.3) is 0 Å². The predicted molar refractivity (Wildman–Crippen MR) is 73.2 cm³/mol. The molecule has 0 atom stereocenters. The van der Waals surface area contributed by atoms with Gasteiger partial charge in [0.05, 0.1) is 0 Å². The van der Waals surface area contributed by atoms with Crippen molar-refractivity contribution >= 4 is 5.69 Å². The number of benzene rings is 1. The molecule has 1 aromatic rings. The van der Waals surface area contributed by atoms with Crippen LogP contribution in [0.5, 0.6) is 0 Å². The number of unbranched alkanes of at least 4 members (excludes halogenated alkanes) is 2. The van der Waals surface area contributed by atoms with Crippen molar-refractivity contribution in [3.05, 3.63) is 29.8 Å². The monoisotopic (exact) mass is 219 g/mol. The Hall–Kier alpha value is -0.980. The Bertz CT molecular complexity index is 309. The molecule has 16 heavy (non-hydrogen) atoms. The Morgan fingerprint density at radius 1 is 1.06 bits per heavy atom. The molecule has 0 aliphatic heterocycles. The van der Waals surface area contributed by atoms with Gasteiger partial charge in [-0.2, -0.15) is 0 Å². The Labute approximate surface area is 100 Å². The highest BCUT2D eigenvalue weighted by molar-refractivity contribution is 5.54. The Balaban J connectivity index is 2.65. The van der Waals surface area contributed by atoms with E-state index >= 15 is 0 Å². The number of nitrogens with one attached hydrogen (secondary N) is 1. The minimum Gasteiger partial charge on any atom is -0.385 e. The number of anilines is 1. The maximum Gasteiger partial charge on any atom is 0.0378 e. The topological polar surface area (TPSA) is 12.0 Å². The SMILES string of the molecule is CCCCCNc1ccccc1C(C)(C)C. The molecule has 0 bridgehead atoms. The molecule has 1 heteroatoms. The first-order valence-corrected chi connectivity index (χ1v) is 6.39. The smallest absolute Gasteiger partial charge is 0.0378 e. The van der Waals surface area contributed by atoms with Crippen LogP contribution in [0.1, 0.15) is 52.5 Å². The van der Waals surface area contributed by atoms with Gasteiger partial charge in [-0.15, -0.1) is 0 Å². The minimum absolute atomic E-state index is 0.217. The molecule has 1 nitrogen and oxygen atoms in total. The van der Waals surface area contributed by atoms with Gasteiger partial charge in [0.25, 0.3) is 0 Å². The van der Waals surface area contributed by atoms with Gasteiger partial charge >= 0.3 is 0 Å². The lowest BCUT2D eigenvalue weighted by molar-refractivity contribution is 0.591. The van der Waals surface area contributed by atoms with Crippen LogP contribution in [0.3, 0.4) is 0 Å². The molecule has 0 radical (unpaired) electrons. The maximum absolute atomic E-state index is 3.55. The molecular weight excluding hydrogens is 194 g/mol. The van der Waals surface area contributed by atoms with E-state index in [1.807, 2.05) is 0 Å². The van der Waals surface area contributed by atoms with Crippen LogP contribution >= 0.6 is 0 Å². The molecule has 0 heterocycles. The van der Waals surface area contributed by atoms with E-state index in [1.165, 1.54) is 30.5 Å². The zero-order valence-electron chi connectivity index (χ0n) is 11.1. The van der Waals surface area contributed by atoms with Crippen molar-refractivity contribution in [2.75, 3.05) is 11.9 Å². The van der Waals surface area contributed by atoms with E-state index in [1.54, 1.807) is 0 Å². The van der Waals surface area contributed by atoms with Crippen molar-refractivity contribution in [2.45, 2.75) is 52.4 Å². The largest absolute Gasteiger partial charge is 0.385 e. The quantitative estimate of drug-likeness (QED) is 0.714. The van der Waals surface area contributed by atoms with Gasteiger partial charge in [0.1, 0.15) is 0 Å². The molecule has 0 unspecified atom stereocenters. The third kappa shape index (κ3) is 3.88. The molecule has 1 N–H and O–H groups in total. The van der Waals surface area contributed by atoms with E-state index < -0.39 is 0 Å². The zero-order valence-corrected chi connectivity index (χ0v) is 11.1. The summed E-state index contributed by atoms with van der Waals surface area (Å²) in [6, 6.07) is 8.64. The van der Waals surface area contributed by atoms with Crippen molar-refractivity contribution < 1.29 is 0 Å². The molecule has 0 aromatic heterocycles. The lowest BCUT2D eigenvalue weighted by Crippen LogP contribution is -2.15. The van der Waals surface area contributed by atoms with Gasteiger partial charge in [0.15, 0.2) is 0 Å². The average molecular weight is 219 g/mol. The third-order valence-electron chi connectivity index (χ3n) is 2.83. The predicted octanol–water partition coefficient (Wildman–Crippen LogP) is 4.59. The molecule has 0 aliphatic carbocycles. The summed E-state index contributed by atoms with van der Waals surface area (Å²) in [5.74, 6) is 0. The Morgan fingerprint density at radius 3 is 2.38 bits per heavy atom. The second kappa shape index (κ2) is 5.93. The van der Waals surface area contributed by atoms with Gasteiger partial charge in [0, 0.05) is 12.2 Å². The van der Waals surface area contributed by atoms with E-state index in [2.05, 4.69) is 57.3 Å². The summed E-state index contributed by atoms with van der Waals surface area (Å²) in [6.45, 7) is 10.1. The van der Waals surface area contributed by atoms with E-state index in [4.69, 9.17) is 0 Å². The van der Waals surface area contributed by atoms with Crippen LogP contribution in [0, 0.1) is 0 Å². The summed E-state index contributed by atoms with van der Waals surface area (Å²) in [5, 5.41) is 3.55. The summed E-state index contributed by atoms with van der Waals surface area (Å²) < 4.78 is 0. The first-order chi connectivity index (χ1) is 7.55. The number of hydrogen-bond acceptors (Lipinski definition) is 1. The standard InChI is InChI=1S/C15H25N/c1-5-6-9-12-16-14-11-8-7-10-13(14)15(2,3)4/h7-8,10-11,16H,5-6,9,12H2,1-4H3. The third-order valence-corrected chi connectivity index (χ3v) is 2.83. The zero-order chi connectivity index (χ0) is 12.0. The van der Waals surface area contributed by atoms with E-state index in [-0.39, 0.29) is 5.41 Å². The van der Waals surface area contributed by atoms with Gasteiger partial charge in [-0.1, -0.05) is 58.7 Å². The van der Waals surface area contributed by atoms with Crippen LogP contribution in [-0.2, 0) is 5.41 Å². The normalized spacial score (nSPS) is 11.5. The Kier molecular flexibility index (Phi) is 4.85. The van der Waals surface area contributed by atoms with Crippen molar-refractivity contribution in [2.24, 2.45) is 0 Å². The van der Waals surface area contributed by atoms with Crippen LogP contribution in [0.15, 0.2) is 24.3 Å². The lowest BCUT2D eigenvalue weighted by Gasteiger charge is -2.23. The van der Waals surface area contributed by atoms with Gasteiger partial charge < -0.3 is 5.32 Å². The van der Waals surface area contributed by atoms with Crippen molar-refractivity contribution in [1.82, 2.24) is 0 Å². The molecule has 0 amide bonds. The first-order valence-electron chi connectivity index (χ1n) is 6.39. The van der Waals surface area contributed by atoms with E-state index in [0.717, 1.165) is 6.54 Å². The van der Waals surface area contributed by atoms with Gasteiger partial charge in [0.2, 0.25) is 0 Å².